The molecule has 2 saturated heterocycles. The number of hydrogen-bond acceptors (Lipinski definition) is 5. The van der Waals surface area contributed by atoms with Gasteiger partial charge in [-0.15, -0.1) is 0 Å². The number of halogens is 1. The van der Waals surface area contributed by atoms with E-state index in [0.29, 0.717) is 31.3 Å². The molecule has 0 aliphatic carbocycles. The van der Waals surface area contributed by atoms with Crippen LogP contribution < -0.4 is 4.90 Å². The SMILES string of the molecule is CC(C)(C)OC(=O)N1CCCC(C(=O)N2CCN(c3cccc(Cl)n3)CC2)C1. The minimum absolute atomic E-state index is 0.131. The maximum absolute atomic E-state index is 13.0. The number of carbonyl (C=O) groups is 2. The molecule has 3 rings (SSSR count). The van der Waals surface area contributed by atoms with Crippen LogP contribution in [0.25, 0.3) is 0 Å². The highest BCUT2D eigenvalue weighted by atomic mass is 35.5. The minimum atomic E-state index is -0.529. The van der Waals surface area contributed by atoms with Crippen molar-refractivity contribution in [1.82, 2.24) is 14.8 Å². The van der Waals surface area contributed by atoms with Crippen LogP contribution in [0.1, 0.15) is 33.6 Å². The summed E-state index contributed by atoms with van der Waals surface area (Å²) in [4.78, 5) is 35.4. The zero-order valence-electron chi connectivity index (χ0n) is 16.9. The quantitative estimate of drug-likeness (QED) is 0.704. The number of pyridine rings is 1. The van der Waals surface area contributed by atoms with Crippen LogP contribution in [0.2, 0.25) is 5.15 Å². The van der Waals surface area contributed by atoms with Crippen molar-refractivity contribution in [1.29, 1.82) is 0 Å². The summed E-state index contributed by atoms with van der Waals surface area (Å²) in [5.74, 6) is 0.817. The smallest absolute Gasteiger partial charge is 0.410 e. The molecule has 2 fully saturated rings. The first kappa shape index (κ1) is 20.7. The van der Waals surface area contributed by atoms with Crippen molar-refractivity contribution in [2.45, 2.75) is 39.2 Å². The molecule has 1 unspecified atom stereocenters. The summed E-state index contributed by atoms with van der Waals surface area (Å²) >= 11 is 5.98. The number of piperidine rings is 1. The van der Waals surface area contributed by atoms with Gasteiger partial charge < -0.3 is 19.4 Å². The monoisotopic (exact) mass is 408 g/mol. The molecule has 3 heterocycles. The van der Waals surface area contributed by atoms with Crippen LogP contribution in [0.15, 0.2) is 18.2 Å². The van der Waals surface area contributed by atoms with E-state index in [-0.39, 0.29) is 17.9 Å². The first-order valence-electron chi connectivity index (χ1n) is 9.87. The van der Waals surface area contributed by atoms with Gasteiger partial charge in [-0.1, -0.05) is 17.7 Å². The topological polar surface area (TPSA) is 66.0 Å². The van der Waals surface area contributed by atoms with Crippen LogP contribution >= 0.6 is 11.6 Å². The normalized spacial score (nSPS) is 20.9. The molecule has 2 aliphatic rings. The van der Waals surface area contributed by atoms with Crippen molar-refractivity contribution >= 4 is 29.4 Å². The average Bonchev–Trinajstić information content (AvgIpc) is 2.66. The zero-order valence-corrected chi connectivity index (χ0v) is 17.6. The van der Waals surface area contributed by atoms with E-state index >= 15 is 0 Å². The van der Waals surface area contributed by atoms with Crippen LogP contribution in [-0.4, -0.2) is 71.7 Å². The number of anilines is 1. The molecule has 7 nitrogen and oxygen atoms in total. The predicted molar refractivity (Wildman–Crippen MR) is 109 cm³/mol. The number of amides is 2. The molecule has 0 bridgehead atoms. The number of piperazine rings is 1. The van der Waals surface area contributed by atoms with Gasteiger partial charge in [0.05, 0.1) is 5.92 Å². The Morgan fingerprint density at radius 3 is 2.46 bits per heavy atom. The Bertz CT molecular complexity index is 714. The molecule has 28 heavy (non-hydrogen) atoms. The van der Waals surface area contributed by atoms with E-state index in [1.807, 2.05) is 37.8 Å². The highest BCUT2D eigenvalue weighted by molar-refractivity contribution is 6.29. The molecule has 0 N–H and O–H groups in total. The van der Waals surface area contributed by atoms with Crippen molar-refractivity contribution in [3.8, 4) is 0 Å². The van der Waals surface area contributed by atoms with E-state index in [0.717, 1.165) is 31.7 Å². The second-order valence-electron chi connectivity index (χ2n) is 8.40. The van der Waals surface area contributed by atoms with E-state index in [4.69, 9.17) is 16.3 Å². The maximum Gasteiger partial charge on any atom is 0.410 e. The van der Waals surface area contributed by atoms with Gasteiger partial charge in [0.1, 0.15) is 16.6 Å². The molecule has 0 spiro atoms. The third kappa shape index (κ3) is 5.28. The summed E-state index contributed by atoms with van der Waals surface area (Å²) in [5, 5.41) is 0.473. The van der Waals surface area contributed by atoms with Crippen molar-refractivity contribution in [2.24, 2.45) is 5.92 Å². The number of ether oxygens (including phenoxy) is 1. The lowest BCUT2D eigenvalue weighted by Crippen LogP contribution is -2.53. The molecular formula is C20H29ClN4O3. The van der Waals surface area contributed by atoms with Gasteiger partial charge in [-0.3, -0.25) is 4.79 Å². The summed E-state index contributed by atoms with van der Waals surface area (Å²) < 4.78 is 5.46. The third-order valence-electron chi connectivity index (χ3n) is 5.04. The molecule has 1 aromatic rings. The first-order chi connectivity index (χ1) is 13.2. The van der Waals surface area contributed by atoms with Gasteiger partial charge >= 0.3 is 6.09 Å². The Balaban J connectivity index is 1.54. The molecule has 0 radical (unpaired) electrons. The predicted octanol–water partition coefficient (Wildman–Crippen LogP) is 3.03. The maximum atomic E-state index is 13.0. The van der Waals surface area contributed by atoms with Gasteiger partial charge in [-0.2, -0.15) is 0 Å². The highest BCUT2D eigenvalue weighted by Crippen LogP contribution is 2.23. The van der Waals surface area contributed by atoms with Gasteiger partial charge in [0.25, 0.3) is 0 Å². The van der Waals surface area contributed by atoms with Gasteiger partial charge in [0.2, 0.25) is 5.91 Å². The summed E-state index contributed by atoms with van der Waals surface area (Å²) in [5.41, 5.74) is -0.529. The largest absolute Gasteiger partial charge is 0.444 e. The Kier molecular flexibility index (Phi) is 6.33. The van der Waals surface area contributed by atoms with Crippen molar-refractivity contribution in [3.63, 3.8) is 0 Å². The van der Waals surface area contributed by atoms with Crippen molar-refractivity contribution in [3.05, 3.63) is 23.4 Å². The van der Waals surface area contributed by atoms with Crippen LogP contribution in [0.5, 0.6) is 0 Å². The summed E-state index contributed by atoms with van der Waals surface area (Å²) in [7, 11) is 0. The van der Waals surface area contributed by atoms with Crippen LogP contribution in [0.3, 0.4) is 0 Å². The fraction of sp³-hybridized carbons (Fsp3) is 0.650. The second-order valence-corrected chi connectivity index (χ2v) is 8.78. The molecule has 1 atom stereocenters. The summed E-state index contributed by atoms with van der Waals surface area (Å²) in [6, 6.07) is 5.57. The molecule has 2 aliphatic heterocycles. The Hall–Kier alpha value is -2.02. The number of likely N-dealkylation sites (tertiary alicyclic amines) is 1. The van der Waals surface area contributed by atoms with E-state index < -0.39 is 5.60 Å². The Morgan fingerprint density at radius 1 is 1.11 bits per heavy atom. The minimum Gasteiger partial charge on any atom is -0.444 e. The van der Waals surface area contributed by atoms with Gasteiger partial charge in [-0.25, -0.2) is 9.78 Å². The fourth-order valence-electron chi connectivity index (χ4n) is 3.66. The highest BCUT2D eigenvalue weighted by Gasteiger charge is 2.34. The van der Waals surface area contributed by atoms with Crippen LogP contribution in [0, 0.1) is 5.92 Å². The molecule has 154 valence electrons. The zero-order chi connectivity index (χ0) is 20.3. The first-order valence-corrected chi connectivity index (χ1v) is 10.2. The molecule has 0 aromatic carbocycles. The summed E-state index contributed by atoms with van der Waals surface area (Å²) in [6.07, 6.45) is 1.30. The number of rotatable bonds is 2. The van der Waals surface area contributed by atoms with E-state index in [1.54, 1.807) is 11.0 Å². The number of hydrogen-bond donors (Lipinski definition) is 0. The van der Waals surface area contributed by atoms with Crippen molar-refractivity contribution in [2.75, 3.05) is 44.2 Å². The lowest BCUT2D eigenvalue weighted by Gasteiger charge is -2.39. The lowest BCUT2D eigenvalue weighted by atomic mass is 9.96. The van der Waals surface area contributed by atoms with Crippen molar-refractivity contribution < 1.29 is 14.3 Å². The van der Waals surface area contributed by atoms with Crippen LogP contribution in [0.4, 0.5) is 10.6 Å². The molecule has 2 amide bonds. The van der Waals surface area contributed by atoms with Gasteiger partial charge in [0, 0.05) is 39.3 Å². The van der Waals surface area contributed by atoms with Crippen LogP contribution in [-0.2, 0) is 9.53 Å². The standard InChI is InChI=1S/C20H29ClN4O3/c1-20(2,3)28-19(27)25-9-5-6-15(14-25)18(26)24-12-10-23(11-13-24)17-8-4-7-16(21)22-17/h4,7-8,15H,5-6,9-14H2,1-3H3. The third-order valence-corrected chi connectivity index (χ3v) is 5.25. The summed E-state index contributed by atoms with van der Waals surface area (Å²) in [6.45, 7) is 9.38. The number of nitrogens with zero attached hydrogens (tertiary/aromatic N) is 4. The Morgan fingerprint density at radius 2 is 1.82 bits per heavy atom. The number of aromatic nitrogens is 1. The molecule has 1 aromatic heterocycles. The molecule has 8 heteroatoms. The van der Waals surface area contributed by atoms with E-state index in [9.17, 15) is 9.59 Å². The second kappa shape index (κ2) is 8.55. The Labute approximate surface area is 171 Å². The number of carbonyl (C=O) groups excluding carboxylic acids is 2. The molecule has 0 saturated carbocycles. The van der Waals surface area contributed by atoms with Gasteiger partial charge in [0.15, 0.2) is 0 Å². The molecular weight excluding hydrogens is 380 g/mol. The lowest BCUT2D eigenvalue weighted by molar-refractivity contribution is -0.137. The van der Waals surface area contributed by atoms with Gasteiger partial charge in [-0.05, 0) is 45.7 Å². The average molecular weight is 409 g/mol. The van der Waals surface area contributed by atoms with E-state index in [1.165, 1.54) is 0 Å². The fourth-order valence-corrected chi connectivity index (χ4v) is 3.82. The van der Waals surface area contributed by atoms with E-state index in [2.05, 4.69) is 9.88 Å².